The lowest BCUT2D eigenvalue weighted by Crippen LogP contribution is -2.14. The number of rotatable bonds is 4. The highest BCUT2D eigenvalue weighted by atomic mass is 35.5. The molecule has 4 N–H and O–H groups in total. The molecule has 0 saturated carbocycles. The first-order chi connectivity index (χ1) is 8.92. The van der Waals surface area contributed by atoms with Crippen LogP contribution in [0.3, 0.4) is 0 Å². The van der Waals surface area contributed by atoms with Crippen molar-refractivity contribution in [2.24, 2.45) is 5.84 Å². The fourth-order valence-electron chi connectivity index (χ4n) is 1.25. The molecular formula is C9H10ClN5O2S2. The van der Waals surface area contributed by atoms with E-state index in [9.17, 15) is 8.42 Å². The van der Waals surface area contributed by atoms with Crippen molar-refractivity contribution in [2.75, 3.05) is 10.1 Å². The summed E-state index contributed by atoms with van der Waals surface area (Å²) < 4.78 is 26.5. The van der Waals surface area contributed by atoms with Gasteiger partial charge in [-0.15, -0.1) is 11.3 Å². The third-order valence-corrected chi connectivity index (χ3v) is 4.66. The Morgan fingerprint density at radius 3 is 2.63 bits per heavy atom. The van der Waals surface area contributed by atoms with Crippen molar-refractivity contribution in [3.63, 3.8) is 0 Å². The van der Waals surface area contributed by atoms with Gasteiger partial charge in [0.2, 0.25) is 0 Å². The maximum Gasteiger partial charge on any atom is 0.265 e. The summed E-state index contributed by atoms with van der Waals surface area (Å²) >= 11 is 7.07. The number of hydrogen-bond acceptors (Lipinski definition) is 7. The second-order valence-corrected chi connectivity index (χ2v) is 6.85. The second kappa shape index (κ2) is 5.29. The molecule has 0 aliphatic heterocycles. The number of nitrogens with zero attached hydrogens (tertiary/aromatic N) is 2. The summed E-state index contributed by atoms with van der Waals surface area (Å²) in [6.07, 6.45) is 2.74. The van der Waals surface area contributed by atoms with Crippen molar-refractivity contribution >= 4 is 43.9 Å². The first-order valence-corrected chi connectivity index (χ1v) is 7.67. The largest absolute Gasteiger partial charge is 0.307 e. The van der Waals surface area contributed by atoms with E-state index in [4.69, 9.17) is 17.4 Å². The van der Waals surface area contributed by atoms with E-state index in [1.54, 1.807) is 6.20 Å². The molecule has 19 heavy (non-hydrogen) atoms. The molecule has 0 fully saturated rings. The van der Waals surface area contributed by atoms with Crippen molar-refractivity contribution < 1.29 is 8.42 Å². The summed E-state index contributed by atoms with van der Waals surface area (Å²) in [5.74, 6) is 5.37. The monoisotopic (exact) mass is 319 g/mol. The molecule has 0 aliphatic rings. The number of pyridine rings is 1. The predicted octanol–water partition coefficient (Wildman–Crippen LogP) is 1.59. The average Bonchev–Trinajstić information content (AvgIpc) is 2.73. The predicted molar refractivity (Wildman–Crippen MR) is 74.7 cm³/mol. The van der Waals surface area contributed by atoms with Gasteiger partial charge >= 0.3 is 0 Å². The van der Waals surface area contributed by atoms with Crippen LogP contribution in [-0.4, -0.2) is 18.4 Å². The Morgan fingerprint density at radius 1 is 1.37 bits per heavy atom. The van der Waals surface area contributed by atoms with Crippen molar-refractivity contribution in [3.8, 4) is 0 Å². The van der Waals surface area contributed by atoms with Crippen molar-refractivity contribution in [1.29, 1.82) is 0 Å². The number of nitrogen functional groups attached to an aromatic ring is 1. The summed E-state index contributed by atoms with van der Waals surface area (Å²) in [5.41, 5.74) is 2.26. The molecule has 2 aromatic heterocycles. The van der Waals surface area contributed by atoms with Crippen LogP contribution < -0.4 is 16.0 Å². The highest BCUT2D eigenvalue weighted by Crippen LogP contribution is 2.24. The molecule has 0 radical (unpaired) electrons. The third kappa shape index (κ3) is 3.13. The number of nitrogens with one attached hydrogen (secondary N) is 2. The lowest BCUT2D eigenvalue weighted by Gasteiger charge is -2.07. The smallest absolute Gasteiger partial charge is 0.265 e. The molecule has 10 heteroatoms. The standard InChI is InChI=1S/C9H10ClN5O2S2/c1-5-3-13-9(18-5)15-19(16,17)6-2-7(10)8(14-11)12-4-6/h2-4H,11H2,1H3,(H,12,14)(H,13,15). The van der Waals surface area contributed by atoms with E-state index in [1.165, 1.54) is 17.4 Å². The zero-order valence-corrected chi connectivity index (χ0v) is 12.1. The van der Waals surface area contributed by atoms with Gasteiger partial charge < -0.3 is 5.43 Å². The highest BCUT2D eigenvalue weighted by molar-refractivity contribution is 7.93. The molecule has 2 rings (SSSR count). The zero-order valence-electron chi connectivity index (χ0n) is 9.71. The maximum absolute atomic E-state index is 12.1. The van der Waals surface area contributed by atoms with Crippen molar-refractivity contribution in [2.45, 2.75) is 11.8 Å². The number of halogens is 1. The normalized spacial score (nSPS) is 11.3. The van der Waals surface area contributed by atoms with E-state index < -0.39 is 10.0 Å². The van der Waals surface area contributed by atoms with Crippen LogP contribution in [0, 0.1) is 6.92 Å². The van der Waals surface area contributed by atoms with E-state index in [1.807, 2.05) is 6.92 Å². The number of aryl methyl sites for hydroxylation is 1. The van der Waals surface area contributed by atoms with Gasteiger partial charge in [0.1, 0.15) is 4.90 Å². The number of nitrogens with two attached hydrogens (primary N) is 1. The summed E-state index contributed by atoms with van der Waals surface area (Å²) in [6.45, 7) is 1.83. The van der Waals surface area contributed by atoms with E-state index in [-0.39, 0.29) is 20.9 Å². The van der Waals surface area contributed by atoms with Crippen LogP contribution in [0.4, 0.5) is 10.9 Å². The summed E-state index contributed by atoms with van der Waals surface area (Å²) in [5, 5.41) is 0.398. The molecule has 0 spiro atoms. The van der Waals surface area contributed by atoms with Gasteiger partial charge in [0.15, 0.2) is 10.9 Å². The van der Waals surface area contributed by atoms with Crippen molar-refractivity contribution in [1.82, 2.24) is 9.97 Å². The van der Waals surface area contributed by atoms with Gasteiger partial charge in [0, 0.05) is 17.3 Å². The molecule has 0 saturated heterocycles. The Bertz CT molecular complexity index is 700. The zero-order chi connectivity index (χ0) is 14.0. The molecule has 0 amide bonds. The van der Waals surface area contributed by atoms with E-state index in [0.717, 1.165) is 11.1 Å². The highest BCUT2D eigenvalue weighted by Gasteiger charge is 2.18. The Labute approximate surface area is 118 Å². The quantitative estimate of drug-likeness (QED) is 0.583. The molecule has 7 nitrogen and oxygen atoms in total. The van der Waals surface area contributed by atoms with E-state index in [0.29, 0.717) is 0 Å². The van der Waals surface area contributed by atoms with Crippen LogP contribution in [0.25, 0.3) is 0 Å². The number of sulfonamides is 1. The molecule has 0 atom stereocenters. The lowest BCUT2D eigenvalue weighted by molar-refractivity contribution is 0.601. The molecule has 0 aliphatic carbocycles. The van der Waals surface area contributed by atoms with E-state index in [2.05, 4.69) is 20.1 Å². The van der Waals surface area contributed by atoms with Gasteiger partial charge in [0.05, 0.1) is 5.02 Å². The number of hydrogen-bond donors (Lipinski definition) is 3. The molecule has 0 unspecified atom stereocenters. The minimum absolute atomic E-state index is 0.0654. The number of anilines is 2. The minimum atomic E-state index is -3.77. The first-order valence-electron chi connectivity index (χ1n) is 5.00. The Hall–Kier alpha value is -1.42. The van der Waals surface area contributed by atoms with Gasteiger partial charge in [0.25, 0.3) is 10.0 Å². The van der Waals surface area contributed by atoms with Gasteiger partial charge in [-0.25, -0.2) is 24.2 Å². The van der Waals surface area contributed by atoms with Gasteiger partial charge in [-0.1, -0.05) is 11.6 Å². The third-order valence-electron chi connectivity index (χ3n) is 2.11. The van der Waals surface area contributed by atoms with Crippen LogP contribution in [0.15, 0.2) is 23.4 Å². The SMILES string of the molecule is Cc1cnc(NS(=O)(=O)c2cnc(NN)c(Cl)c2)s1. The Morgan fingerprint density at radius 2 is 2.11 bits per heavy atom. The van der Waals surface area contributed by atoms with Gasteiger partial charge in [-0.3, -0.25) is 4.72 Å². The number of thiazole rings is 1. The number of aromatic nitrogens is 2. The molecule has 102 valence electrons. The number of hydrazine groups is 1. The van der Waals surface area contributed by atoms with Crippen molar-refractivity contribution in [3.05, 3.63) is 28.4 Å². The summed E-state index contributed by atoms with van der Waals surface area (Å²) in [6, 6.07) is 1.26. The lowest BCUT2D eigenvalue weighted by atomic mass is 10.5. The molecule has 2 heterocycles. The van der Waals surface area contributed by atoms with Crippen LogP contribution >= 0.6 is 22.9 Å². The maximum atomic E-state index is 12.1. The fourth-order valence-corrected chi connectivity index (χ4v) is 3.41. The fraction of sp³-hybridized carbons (Fsp3) is 0.111. The van der Waals surface area contributed by atoms with Crippen LogP contribution in [-0.2, 0) is 10.0 Å². The second-order valence-electron chi connectivity index (χ2n) is 3.53. The molecule has 2 aromatic rings. The average molecular weight is 320 g/mol. The van der Waals surface area contributed by atoms with Crippen LogP contribution in [0.2, 0.25) is 5.02 Å². The van der Waals surface area contributed by atoms with E-state index >= 15 is 0 Å². The van der Waals surface area contributed by atoms with Crippen LogP contribution in [0.1, 0.15) is 4.88 Å². The molecule has 0 aromatic carbocycles. The minimum Gasteiger partial charge on any atom is -0.307 e. The Kier molecular flexibility index (Phi) is 3.90. The van der Waals surface area contributed by atoms with Gasteiger partial charge in [-0.2, -0.15) is 0 Å². The summed E-state index contributed by atoms with van der Waals surface area (Å²) in [4.78, 5) is 8.56. The summed E-state index contributed by atoms with van der Waals surface area (Å²) in [7, 11) is -3.77. The Balaban J connectivity index is 2.31. The first kappa shape index (κ1) is 14.0. The molecule has 0 bridgehead atoms. The van der Waals surface area contributed by atoms with Gasteiger partial charge in [-0.05, 0) is 13.0 Å². The van der Waals surface area contributed by atoms with Crippen LogP contribution in [0.5, 0.6) is 0 Å². The topological polar surface area (TPSA) is 110 Å². The molecular weight excluding hydrogens is 310 g/mol.